The lowest BCUT2D eigenvalue weighted by molar-refractivity contribution is -0.119. The van der Waals surface area contributed by atoms with E-state index >= 15 is 0 Å². The van der Waals surface area contributed by atoms with Gasteiger partial charge < -0.3 is 5.32 Å². The quantitative estimate of drug-likeness (QED) is 0.867. The Labute approximate surface area is 110 Å². The monoisotopic (exact) mass is 245 g/mol. The molecule has 1 aromatic rings. The van der Waals surface area contributed by atoms with E-state index in [-0.39, 0.29) is 5.91 Å². The van der Waals surface area contributed by atoms with Gasteiger partial charge >= 0.3 is 0 Å². The number of hydrogen-bond acceptors (Lipinski definition) is 1. The zero-order valence-corrected chi connectivity index (χ0v) is 11.2. The highest BCUT2D eigenvalue weighted by atomic mass is 16.1. The summed E-state index contributed by atoms with van der Waals surface area (Å²) in [6, 6.07) is 8.56. The molecular weight excluding hydrogens is 222 g/mol. The van der Waals surface area contributed by atoms with Crippen molar-refractivity contribution < 1.29 is 4.79 Å². The van der Waals surface area contributed by atoms with Crippen molar-refractivity contribution in [2.45, 2.75) is 44.9 Å². The van der Waals surface area contributed by atoms with Crippen LogP contribution < -0.4 is 5.32 Å². The third-order valence-electron chi connectivity index (χ3n) is 3.92. The number of nitrogens with one attached hydrogen (secondary N) is 1. The molecule has 1 amide bonds. The first-order chi connectivity index (χ1) is 8.78. The fraction of sp³-hybridized carbons (Fsp3) is 0.562. The fourth-order valence-electron chi connectivity index (χ4n) is 2.79. The van der Waals surface area contributed by atoms with Crippen LogP contribution in [0.1, 0.15) is 43.2 Å². The molecule has 18 heavy (non-hydrogen) atoms. The Balaban J connectivity index is 1.88. The third kappa shape index (κ3) is 3.86. The molecule has 0 spiro atoms. The van der Waals surface area contributed by atoms with Gasteiger partial charge in [-0.3, -0.25) is 4.79 Å². The molecule has 0 aliphatic heterocycles. The van der Waals surface area contributed by atoms with Gasteiger partial charge in [0.2, 0.25) is 5.91 Å². The lowest BCUT2D eigenvalue weighted by Crippen LogP contribution is -2.19. The molecule has 0 radical (unpaired) electrons. The highest BCUT2D eigenvalue weighted by Gasteiger charge is 2.13. The van der Waals surface area contributed by atoms with Crippen molar-refractivity contribution in [1.82, 2.24) is 5.32 Å². The molecule has 0 bridgehead atoms. The Hall–Kier alpha value is -1.31. The first-order valence-corrected chi connectivity index (χ1v) is 7.06. The van der Waals surface area contributed by atoms with Crippen LogP contribution in [0.2, 0.25) is 0 Å². The molecule has 2 rings (SSSR count). The van der Waals surface area contributed by atoms with Crippen LogP contribution in [0.25, 0.3) is 0 Å². The van der Waals surface area contributed by atoms with E-state index in [1.54, 1.807) is 7.05 Å². The molecule has 1 aliphatic carbocycles. The number of likely N-dealkylation sites (N-methyl/N-ethyl adjacent to an activating group) is 1. The Morgan fingerprint density at radius 1 is 1.11 bits per heavy atom. The van der Waals surface area contributed by atoms with Gasteiger partial charge in [-0.15, -0.1) is 0 Å². The lowest BCUT2D eigenvalue weighted by Gasteiger charge is -2.21. The number of hydrogen-bond donors (Lipinski definition) is 1. The molecule has 1 saturated carbocycles. The molecular formula is C16H23NO. The van der Waals surface area contributed by atoms with Gasteiger partial charge in [0.25, 0.3) is 0 Å². The number of carbonyl (C=O) groups is 1. The SMILES string of the molecule is CNC(=O)Cc1ccc(CC2CCCCC2)cc1. The Morgan fingerprint density at radius 3 is 2.33 bits per heavy atom. The van der Waals surface area contributed by atoms with Gasteiger partial charge in [0.15, 0.2) is 0 Å². The molecule has 1 fully saturated rings. The molecule has 1 N–H and O–H groups in total. The van der Waals surface area contributed by atoms with Crippen LogP contribution in [0.4, 0.5) is 0 Å². The van der Waals surface area contributed by atoms with Crippen molar-refractivity contribution in [2.75, 3.05) is 7.05 Å². The zero-order chi connectivity index (χ0) is 12.8. The summed E-state index contributed by atoms with van der Waals surface area (Å²) in [4.78, 5) is 11.3. The van der Waals surface area contributed by atoms with Crippen molar-refractivity contribution in [3.63, 3.8) is 0 Å². The van der Waals surface area contributed by atoms with E-state index in [9.17, 15) is 4.79 Å². The van der Waals surface area contributed by atoms with Crippen molar-refractivity contribution in [2.24, 2.45) is 5.92 Å². The molecule has 0 aromatic heterocycles. The van der Waals surface area contributed by atoms with Gasteiger partial charge in [0.1, 0.15) is 0 Å². The maximum Gasteiger partial charge on any atom is 0.224 e. The average molecular weight is 245 g/mol. The molecule has 1 aliphatic rings. The second kappa shape index (κ2) is 6.58. The second-order valence-electron chi connectivity index (χ2n) is 5.37. The van der Waals surface area contributed by atoms with Crippen molar-refractivity contribution in [3.8, 4) is 0 Å². The molecule has 0 unspecified atom stereocenters. The topological polar surface area (TPSA) is 29.1 Å². The van der Waals surface area contributed by atoms with E-state index in [1.165, 1.54) is 44.1 Å². The molecule has 98 valence electrons. The standard InChI is InChI=1S/C16H23NO/c1-17-16(18)12-15-9-7-14(8-10-15)11-13-5-3-2-4-6-13/h7-10,13H,2-6,11-12H2,1H3,(H,17,18). The van der Waals surface area contributed by atoms with E-state index in [0.29, 0.717) is 6.42 Å². The molecule has 0 atom stereocenters. The number of amides is 1. The normalized spacial score (nSPS) is 16.5. The fourth-order valence-corrected chi connectivity index (χ4v) is 2.79. The van der Waals surface area contributed by atoms with Crippen LogP contribution in [0.5, 0.6) is 0 Å². The van der Waals surface area contributed by atoms with Gasteiger partial charge in [-0.1, -0.05) is 56.4 Å². The first-order valence-electron chi connectivity index (χ1n) is 7.06. The highest BCUT2D eigenvalue weighted by molar-refractivity contribution is 5.78. The van der Waals surface area contributed by atoms with Crippen molar-refractivity contribution in [3.05, 3.63) is 35.4 Å². The van der Waals surface area contributed by atoms with E-state index in [4.69, 9.17) is 0 Å². The largest absolute Gasteiger partial charge is 0.359 e. The zero-order valence-electron chi connectivity index (χ0n) is 11.2. The predicted octanol–water partition coefficient (Wildman–Crippen LogP) is 3.10. The summed E-state index contributed by atoms with van der Waals surface area (Å²) >= 11 is 0. The van der Waals surface area contributed by atoms with Gasteiger partial charge in [-0.2, -0.15) is 0 Å². The first kappa shape index (κ1) is 13.1. The van der Waals surface area contributed by atoms with Crippen LogP contribution in [0.3, 0.4) is 0 Å². The number of rotatable bonds is 4. The predicted molar refractivity (Wildman–Crippen MR) is 74.5 cm³/mol. The summed E-state index contributed by atoms with van der Waals surface area (Å²) in [7, 11) is 1.68. The number of benzene rings is 1. The number of carbonyl (C=O) groups excluding carboxylic acids is 1. The van der Waals surface area contributed by atoms with Gasteiger partial charge in [-0.05, 0) is 23.5 Å². The maximum atomic E-state index is 11.3. The van der Waals surface area contributed by atoms with E-state index in [0.717, 1.165) is 11.5 Å². The molecule has 0 heterocycles. The Bertz CT molecular complexity index is 377. The lowest BCUT2D eigenvalue weighted by atomic mass is 9.85. The molecule has 0 saturated heterocycles. The van der Waals surface area contributed by atoms with Crippen LogP contribution in [-0.4, -0.2) is 13.0 Å². The van der Waals surface area contributed by atoms with Gasteiger partial charge in [-0.25, -0.2) is 0 Å². The molecule has 2 nitrogen and oxygen atoms in total. The van der Waals surface area contributed by atoms with E-state index < -0.39 is 0 Å². The van der Waals surface area contributed by atoms with Crippen LogP contribution in [0.15, 0.2) is 24.3 Å². The summed E-state index contributed by atoms with van der Waals surface area (Å²) in [5, 5.41) is 2.65. The van der Waals surface area contributed by atoms with E-state index in [2.05, 4.69) is 29.6 Å². The summed E-state index contributed by atoms with van der Waals surface area (Å²) in [5.74, 6) is 0.957. The minimum atomic E-state index is 0.0787. The van der Waals surface area contributed by atoms with Gasteiger partial charge in [0, 0.05) is 7.05 Å². The van der Waals surface area contributed by atoms with Crippen molar-refractivity contribution >= 4 is 5.91 Å². The Kier molecular flexibility index (Phi) is 4.80. The van der Waals surface area contributed by atoms with Crippen molar-refractivity contribution in [1.29, 1.82) is 0 Å². The minimum absolute atomic E-state index is 0.0787. The van der Waals surface area contributed by atoms with Crippen LogP contribution >= 0.6 is 0 Å². The summed E-state index contributed by atoms with van der Waals surface area (Å²) in [6.45, 7) is 0. The summed E-state index contributed by atoms with van der Waals surface area (Å²) in [5.41, 5.74) is 2.52. The Morgan fingerprint density at radius 2 is 1.72 bits per heavy atom. The van der Waals surface area contributed by atoms with Crippen LogP contribution in [0, 0.1) is 5.92 Å². The van der Waals surface area contributed by atoms with E-state index in [1.807, 2.05) is 0 Å². The third-order valence-corrected chi connectivity index (χ3v) is 3.92. The summed E-state index contributed by atoms with van der Waals surface area (Å²) in [6.07, 6.45) is 8.70. The van der Waals surface area contributed by atoms with Gasteiger partial charge in [0.05, 0.1) is 6.42 Å². The molecule has 2 heteroatoms. The second-order valence-corrected chi connectivity index (χ2v) is 5.37. The summed E-state index contributed by atoms with van der Waals surface area (Å²) < 4.78 is 0. The minimum Gasteiger partial charge on any atom is -0.359 e. The molecule has 1 aromatic carbocycles. The highest BCUT2D eigenvalue weighted by Crippen LogP contribution is 2.26. The average Bonchev–Trinajstić information content (AvgIpc) is 2.42. The maximum absolute atomic E-state index is 11.3. The smallest absolute Gasteiger partial charge is 0.224 e. The van der Waals surface area contributed by atoms with Crippen LogP contribution in [-0.2, 0) is 17.6 Å².